The first-order chi connectivity index (χ1) is 17.0. The largest absolute Gasteiger partial charge is 0.496 e. The SMILES string of the molecule is COc1ccc(-c2nc(C(=O)Oc3ccc(NC(=O)c4ccccc4OC)cc3)cs2)cc1OC. The van der Waals surface area contributed by atoms with Crippen molar-refractivity contribution in [3.8, 4) is 33.6 Å². The molecule has 0 fully saturated rings. The summed E-state index contributed by atoms with van der Waals surface area (Å²) >= 11 is 1.32. The van der Waals surface area contributed by atoms with Crippen LogP contribution in [0.3, 0.4) is 0 Å². The predicted octanol–water partition coefficient (Wildman–Crippen LogP) is 5.31. The van der Waals surface area contributed by atoms with Crippen molar-refractivity contribution in [1.82, 2.24) is 4.98 Å². The van der Waals surface area contributed by atoms with Crippen LogP contribution >= 0.6 is 11.3 Å². The molecule has 1 amide bonds. The van der Waals surface area contributed by atoms with Gasteiger partial charge in [-0.1, -0.05) is 12.1 Å². The molecule has 0 bridgehead atoms. The molecule has 4 rings (SSSR count). The lowest BCUT2D eigenvalue weighted by molar-refractivity contribution is 0.0729. The molecule has 0 radical (unpaired) electrons. The van der Waals surface area contributed by atoms with Crippen LogP contribution < -0.4 is 24.3 Å². The Bertz CT molecular complexity index is 1350. The van der Waals surface area contributed by atoms with Crippen LogP contribution in [0.25, 0.3) is 10.6 Å². The summed E-state index contributed by atoms with van der Waals surface area (Å²) in [4.78, 5) is 29.5. The van der Waals surface area contributed by atoms with E-state index >= 15 is 0 Å². The Morgan fingerprint density at radius 1 is 0.829 bits per heavy atom. The molecule has 0 unspecified atom stereocenters. The minimum Gasteiger partial charge on any atom is -0.496 e. The fourth-order valence-electron chi connectivity index (χ4n) is 3.27. The number of nitrogens with one attached hydrogen (secondary N) is 1. The van der Waals surface area contributed by atoms with Crippen molar-refractivity contribution in [2.45, 2.75) is 0 Å². The van der Waals surface area contributed by atoms with Crippen molar-refractivity contribution in [2.75, 3.05) is 26.6 Å². The second kappa shape index (κ2) is 10.7. The number of ether oxygens (including phenoxy) is 4. The molecule has 0 saturated carbocycles. The Morgan fingerprint density at radius 2 is 1.54 bits per heavy atom. The Hall–Kier alpha value is -4.37. The van der Waals surface area contributed by atoms with Gasteiger partial charge >= 0.3 is 5.97 Å². The van der Waals surface area contributed by atoms with E-state index < -0.39 is 5.97 Å². The second-order valence-corrected chi connectivity index (χ2v) is 8.03. The summed E-state index contributed by atoms with van der Waals surface area (Å²) in [6.45, 7) is 0. The van der Waals surface area contributed by atoms with Crippen LogP contribution in [0.15, 0.2) is 72.1 Å². The van der Waals surface area contributed by atoms with E-state index in [-0.39, 0.29) is 11.6 Å². The number of rotatable bonds is 8. The lowest BCUT2D eigenvalue weighted by atomic mass is 10.2. The number of hydrogen-bond acceptors (Lipinski definition) is 8. The van der Waals surface area contributed by atoms with Gasteiger partial charge in [0.15, 0.2) is 17.2 Å². The zero-order valence-electron chi connectivity index (χ0n) is 19.2. The smallest absolute Gasteiger partial charge is 0.363 e. The maximum absolute atomic E-state index is 12.6. The minimum atomic E-state index is -0.584. The molecule has 4 aromatic rings. The zero-order valence-corrected chi connectivity index (χ0v) is 20.0. The van der Waals surface area contributed by atoms with Gasteiger partial charge in [0, 0.05) is 16.6 Å². The van der Waals surface area contributed by atoms with E-state index in [9.17, 15) is 9.59 Å². The number of carbonyl (C=O) groups excluding carboxylic acids is 2. The zero-order chi connectivity index (χ0) is 24.8. The van der Waals surface area contributed by atoms with Gasteiger partial charge < -0.3 is 24.3 Å². The van der Waals surface area contributed by atoms with Crippen LogP contribution in [0, 0.1) is 0 Å². The first-order valence-electron chi connectivity index (χ1n) is 10.5. The predicted molar refractivity (Wildman–Crippen MR) is 133 cm³/mol. The lowest BCUT2D eigenvalue weighted by Crippen LogP contribution is -2.13. The lowest BCUT2D eigenvalue weighted by Gasteiger charge is -2.09. The van der Waals surface area contributed by atoms with Crippen LogP contribution in [0.1, 0.15) is 20.8 Å². The number of esters is 1. The highest BCUT2D eigenvalue weighted by Gasteiger charge is 2.16. The Morgan fingerprint density at radius 3 is 2.26 bits per heavy atom. The number of benzene rings is 3. The third kappa shape index (κ3) is 5.42. The number of methoxy groups -OCH3 is 3. The van der Waals surface area contributed by atoms with Gasteiger partial charge in [0.1, 0.15) is 16.5 Å². The van der Waals surface area contributed by atoms with Gasteiger partial charge in [-0.3, -0.25) is 4.79 Å². The summed E-state index contributed by atoms with van der Waals surface area (Å²) in [6, 6.07) is 18.8. The van der Waals surface area contributed by atoms with E-state index in [2.05, 4.69) is 10.3 Å². The molecule has 0 spiro atoms. The van der Waals surface area contributed by atoms with Crippen LogP contribution in [-0.4, -0.2) is 38.2 Å². The van der Waals surface area contributed by atoms with Gasteiger partial charge in [-0.25, -0.2) is 9.78 Å². The Balaban J connectivity index is 1.41. The highest BCUT2D eigenvalue weighted by molar-refractivity contribution is 7.13. The molecule has 1 heterocycles. The van der Waals surface area contributed by atoms with Gasteiger partial charge in [-0.2, -0.15) is 0 Å². The molecule has 35 heavy (non-hydrogen) atoms. The number of para-hydroxylation sites is 1. The highest BCUT2D eigenvalue weighted by Crippen LogP contribution is 2.33. The van der Waals surface area contributed by atoms with Gasteiger partial charge in [-0.15, -0.1) is 11.3 Å². The average molecular weight is 491 g/mol. The quantitative estimate of drug-likeness (QED) is 0.264. The number of amides is 1. The van der Waals surface area contributed by atoms with Crippen molar-refractivity contribution in [1.29, 1.82) is 0 Å². The third-order valence-corrected chi connectivity index (χ3v) is 5.91. The van der Waals surface area contributed by atoms with E-state index in [4.69, 9.17) is 18.9 Å². The van der Waals surface area contributed by atoms with Crippen LogP contribution in [-0.2, 0) is 0 Å². The molecule has 1 N–H and O–H groups in total. The van der Waals surface area contributed by atoms with E-state index in [0.717, 1.165) is 5.56 Å². The summed E-state index contributed by atoms with van der Waals surface area (Å²) in [6.07, 6.45) is 0. The molecule has 0 aliphatic heterocycles. The maximum Gasteiger partial charge on any atom is 0.363 e. The van der Waals surface area contributed by atoms with Crippen molar-refractivity contribution >= 4 is 28.9 Å². The van der Waals surface area contributed by atoms with Gasteiger partial charge in [-0.05, 0) is 54.6 Å². The number of thiazole rings is 1. The van der Waals surface area contributed by atoms with E-state index in [0.29, 0.717) is 39.3 Å². The summed E-state index contributed by atoms with van der Waals surface area (Å²) in [5, 5.41) is 5.08. The molecular weight excluding hydrogens is 468 g/mol. The minimum absolute atomic E-state index is 0.188. The molecule has 0 aliphatic carbocycles. The summed E-state index contributed by atoms with van der Waals surface area (Å²) in [7, 11) is 4.63. The summed E-state index contributed by atoms with van der Waals surface area (Å²) in [5.74, 6) is 1.09. The molecular formula is C26H22N2O6S. The van der Waals surface area contributed by atoms with Crippen LogP contribution in [0.2, 0.25) is 0 Å². The second-order valence-electron chi connectivity index (χ2n) is 7.18. The number of hydrogen-bond donors (Lipinski definition) is 1. The number of nitrogens with zero attached hydrogens (tertiary/aromatic N) is 1. The van der Waals surface area contributed by atoms with E-state index in [1.807, 2.05) is 6.07 Å². The van der Waals surface area contributed by atoms with Crippen molar-refractivity contribution < 1.29 is 28.5 Å². The third-order valence-electron chi connectivity index (χ3n) is 5.02. The average Bonchev–Trinajstić information content (AvgIpc) is 3.40. The fourth-order valence-corrected chi connectivity index (χ4v) is 4.05. The summed E-state index contributed by atoms with van der Waals surface area (Å²) in [5.41, 5.74) is 1.94. The van der Waals surface area contributed by atoms with Crippen LogP contribution in [0.5, 0.6) is 23.0 Å². The monoisotopic (exact) mass is 490 g/mol. The number of carbonyl (C=O) groups is 2. The first kappa shape index (κ1) is 23.8. The van der Waals surface area contributed by atoms with Gasteiger partial charge in [0.05, 0.1) is 26.9 Å². The fraction of sp³-hybridized carbons (Fsp3) is 0.115. The van der Waals surface area contributed by atoms with E-state index in [1.165, 1.54) is 18.4 Å². The standard InChI is InChI=1S/C26H22N2O6S/c1-31-21-7-5-4-6-19(21)24(29)27-17-9-11-18(12-10-17)34-26(30)20-15-35-25(28-20)16-8-13-22(32-2)23(14-16)33-3/h4-15H,1-3H3,(H,27,29). The number of aromatic nitrogens is 1. The molecule has 0 aliphatic rings. The molecule has 0 saturated heterocycles. The summed E-state index contributed by atoms with van der Waals surface area (Å²) < 4.78 is 21.2. The maximum atomic E-state index is 12.6. The normalized spacial score (nSPS) is 10.4. The first-order valence-corrected chi connectivity index (χ1v) is 11.3. The topological polar surface area (TPSA) is 96.0 Å². The molecule has 3 aromatic carbocycles. The van der Waals surface area contributed by atoms with Gasteiger partial charge in [0.25, 0.3) is 5.91 Å². The van der Waals surface area contributed by atoms with Crippen molar-refractivity contribution in [3.05, 3.63) is 83.4 Å². The molecule has 1 aromatic heterocycles. The van der Waals surface area contributed by atoms with Gasteiger partial charge in [0.2, 0.25) is 0 Å². The molecule has 0 atom stereocenters. The highest BCUT2D eigenvalue weighted by atomic mass is 32.1. The van der Waals surface area contributed by atoms with E-state index in [1.54, 1.807) is 80.3 Å². The molecule has 8 nitrogen and oxygen atoms in total. The Labute approximate surface area is 206 Å². The van der Waals surface area contributed by atoms with Crippen molar-refractivity contribution in [2.24, 2.45) is 0 Å². The number of anilines is 1. The van der Waals surface area contributed by atoms with Crippen LogP contribution in [0.4, 0.5) is 5.69 Å². The molecule has 9 heteroatoms. The Kier molecular flexibility index (Phi) is 7.27. The van der Waals surface area contributed by atoms with Crippen molar-refractivity contribution in [3.63, 3.8) is 0 Å². The molecule has 178 valence electrons.